The smallest absolute Gasteiger partial charge is 0.405 e. The van der Waals surface area contributed by atoms with Gasteiger partial charge in [-0.3, -0.25) is 0 Å². The molecule has 17 heavy (non-hydrogen) atoms. The van der Waals surface area contributed by atoms with Gasteiger partial charge < -0.3 is 4.74 Å². The molecule has 0 aromatic carbocycles. The van der Waals surface area contributed by atoms with Crippen LogP contribution in [0.15, 0.2) is 6.07 Å². The van der Waals surface area contributed by atoms with Crippen LogP contribution in [0.5, 0.6) is 5.75 Å². The summed E-state index contributed by atoms with van der Waals surface area (Å²) in [5.41, 5.74) is -1.95. The average molecular weight is 364 g/mol. The lowest BCUT2D eigenvalue weighted by molar-refractivity contribution is -0.275. The number of aromatic nitrogens is 1. The van der Waals surface area contributed by atoms with Crippen LogP contribution in [0.2, 0.25) is 0 Å². The molecule has 1 aromatic heterocycles. The summed E-state index contributed by atoms with van der Waals surface area (Å²) in [5, 5.41) is 8.53. The van der Waals surface area contributed by atoms with Crippen LogP contribution >= 0.6 is 22.6 Å². The summed E-state index contributed by atoms with van der Waals surface area (Å²) in [6, 6.07) is 1.99. The molecule has 0 aliphatic heterocycles. The number of rotatable bonds is 2. The molecule has 1 aromatic rings. The minimum Gasteiger partial charge on any atom is -0.405 e. The predicted octanol–water partition coefficient (Wildman–Crippen LogP) is 3.39. The van der Waals surface area contributed by atoms with Crippen molar-refractivity contribution in [2.24, 2.45) is 0 Å². The quantitative estimate of drug-likeness (QED) is 0.459. The van der Waals surface area contributed by atoms with Crippen molar-refractivity contribution in [2.75, 3.05) is 0 Å². The van der Waals surface area contributed by atoms with Crippen molar-refractivity contribution in [3.05, 3.63) is 21.0 Å². The number of hydrogen-bond acceptors (Lipinski definition) is 3. The van der Waals surface area contributed by atoms with Gasteiger partial charge in [0.25, 0.3) is 6.43 Å². The van der Waals surface area contributed by atoms with E-state index in [1.807, 2.05) is 0 Å². The summed E-state index contributed by atoms with van der Waals surface area (Å²) in [7, 11) is 0. The van der Waals surface area contributed by atoms with Crippen LogP contribution < -0.4 is 4.74 Å². The van der Waals surface area contributed by atoms with E-state index in [-0.39, 0.29) is 3.70 Å². The van der Waals surface area contributed by atoms with Gasteiger partial charge in [0, 0.05) is 6.07 Å². The van der Waals surface area contributed by atoms with E-state index in [1.54, 1.807) is 0 Å². The Morgan fingerprint density at radius 2 is 2.00 bits per heavy atom. The number of halogens is 6. The molecule has 0 saturated heterocycles. The van der Waals surface area contributed by atoms with Gasteiger partial charge in [-0.25, -0.2) is 13.8 Å². The number of hydrogen-bond donors (Lipinski definition) is 0. The van der Waals surface area contributed by atoms with E-state index in [4.69, 9.17) is 5.26 Å². The fraction of sp³-hybridized carbons (Fsp3) is 0.250. The first-order valence-corrected chi connectivity index (χ1v) is 4.97. The molecule has 0 unspecified atom stereocenters. The van der Waals surface area contributed by atoms with Gasteiger partial charge in [-0.05, 0) is 22.6 Å². The zero-order valence-electron chi connectivity index (χ0n) is 7.73. The van der Waals surface area contributed by atoms with E-state index in [2.05, 4.69) is 9.72 Å². The predicted molar refractivity (Wildman–Crippen MR) is 53.3 cm³/mol. The highest BCUT2D eigenvalue weighted by Gasteiger charge is 2.34. The zero-order chi connectivity index (χ0) is 13.2. The molecule has 0 amide bonds. The summed E-state index contributed by atoms with van der Waals surface area (Å²) in [6.45, 7) is 0. The second-order valence-electron chi connectivity index (χ2n) is 2.67. The highest BCUT2D eigenvalue weighted by atomic mass is 127. The Morgan fingerprint density at radius 1 is 1.41 bits per heavy atom. The van der Waals surface area contributed by atoms with E-state index in [9.17, 15) is 22.0 Å². The molecular weight excluding hydrogens is 362 g/mol. The summed E-state index contributed by atoms with van der Waals surface area (Å²) >= 11 is 1.49. The Kier molecular flexibility index (Phi) is 4.07. The minimum absolute atomic E-state index is 0.0530. The number of alkyl halides is 5. The van der Waals surface area contributed by atoms with Crippen molar-refractivity contribution in [1.82, 2.24) is 4.98 Å². The molecule has 9 heteroatoms. The Balaban J connectivity index is 3.37. The molecule has 0 radical (unpaired) electrons. The zero-order valence-corrected chi connectivity index (χ0v) is 9.88. The highest BCUT2D eigenvalue weighted by Crippen LogP contribution is 2.35. The fourth-order valence-corrected chi connectivity index (χ4v) is 1.53. The molecule has 1 heterocycles. The van der Waals surface area contributed by atoms with Gasteiger partial charge in [-0.15, -0.1) is 13.2 Å². The van der Waals surface area contributed by atoms with Crippen molar-refractivity contribution in [3.8, 4) is 11.8 Å². The maximum atomic E-state index is 12.5. The SMILES string of the molecule is N#Cc1nc(I)cc(OC(F)(F)F)c1C(F)F. The molecule has 0 aliphatic carbocycles. The first kappa shape index (κ1) is 13.9. The molecule has 0 N–H and O–H groups in total. The molecule has 0 saturated carbocycles. The first-order valence-electron chi connectivity index (χ1n) is 3.89. The molecule has 0 bridgehead atoms. The summed E-state index contributed by atoms with van der Waals surface area (Å²) in [4.78, 5) is 3.40. The first-order chi connectivity index (χ1) is 7.74. The third kappa shape index (κ3) is 3.65. The van der Waals surface area contributed by atoms with Gasteiger partial charge in [0.15, 0.2) is 5.69 Å². The normalized spacial score (nSPS) is 11.4. The molecular formula is C8H2F5IN2O. The second kappa shape index (κ2) is 4.99. The summed E-state index contributed by atoms with van der Waals surface area (Å²) in [5.74, 6) is -1.11. The number of ether oxygens (including phenoxy) is 1. The molecule has 3 nitrogen and oxygen atoms in total. The van der Waals surface area contributed by atoms with Crippen molar-refractivity contribution in [2.45, 2.75) is 12.8 Å². The van der Waals surface area contributed by atoms with E-state index in [0.29, 0.717) is 6.07 Å². The maximum absolute atomic E-state index is 12.5. The van der Waals surface area contributed by atoms with Crippen LogP contribution in [0.1, 0.15) is 17.7 Å². The Bertz CT molecular complexity index is 468. The van der Waals surface area contributed by atoms with E-state index in [1.165, 1.54) is 28.7 Å². The number of nitriles is 1. The monoisotopic (exact) mass is 364 g/mol. The van der Waals surface area contributed by atoms with Gasteiger partial charge >= 0.3 is 6.36 Å². The van der Waals surface area contributed by atoms with Gasteiger partial charge in [0.2, 0.25) is 0 Å². The van der Waals surface area contributed by atoms with Gasteiger partial charge in [0.1, 0.15) is 15.5 Å². The molecule has 92 valence electrons. The van der Waals surface area contributed by atoms with Crippen molar-refractivity contribution >= 4 is 22.6 Å². The van der Waals surface area contributed by atoms with E-state index < -0.39 is 29.8 Å². The van der Waals surface area contributed by atoms with Crippen LogP contribution in [-0.2, 0) is 0 Å². The topological polar surface area (TPSA) is 45.9 Å². The van der Waals surface area contributed by atoms with Crippen molar-refractivity contribution in [1.29, 1.82) is 5.26 Å². The minimum atomic E-state index is -5.11. The fourth-order valence-electron chi connectivity index (χ4n) is 1.01. The van der Waals surface area contributed by atoms with Crippen LogP contribution in [0.3, 0.4) is 0 Å². The molecule has 1 rings (SSSR count). The van der Waals surface area contributed by atoms with E-state index >= 15 is 0 Å². The number of nitrogens with zero attached hydrogens (tertiary/aromatic N) is 2. The Hall–Kier alpha value is -1.18. The van der Waals surface area contributed by atoms with Crippen molar-refractivity contribution < 1.29 is 26.7 Å². The molecule has 0 atom stereocenters. The largest absolute Gasteiger partial charge is 0.573 e. The molecule has 0 spiro atoms. The van der Waals surface area contributed by atoms with Crippen LogP contribution in [-0.4, -0.2) is 11.3 Å². The van der Waals surface area contributed by atoms with Crippen LogP contribution in [0.4, 0.5) is 22.0 Å². The van der Waals surface area contributed by atoms with E-state index in [0.717, 1.165) is 0 Å². The van der Waals surface area contributed by atoms with Gasteiger partial charge in [-0.1, -0.05) is 0 Å². The maximum Gasteiger partial charge on any atom is 0.573 e. The third-order valence-electron chi connectivity index (χ3n) is 1.54. The van der Waals surface area contributed by atoms with Gasteiger partial charge in [0.05, 0.1) is 5.56 Å². The van der Waals surface area contributed by atoms with Crippen molar-refractivity contribution in [3.63, 3.8) is 0 Å². The second-order valence-corrected chi connectivity index (χ2v) is 3.77. The highest BCUT2D eigenvalue weighted by molar-refractivity contribution is 14.1. The average Bonchev–Trinajstić information content (AvgIpc) is 2.12. The van der Waals surface area contributed by atoms with Crippen LogP contribution in [0.25, 0.3) is 0 Å². The van der Waals surface area contributed by atoms with Gasteiger partial charge in [-0.2, -0.15) is 5.26 Å². The Labute approximate surface area is 105 Å². The molecule has 0 aliphatic rings. The van der Waals surface area contributed by atoms with Crippen LogP contribution in [0, 0.1) is 15.0 Å². The summed E-state index contributed by atoms with van der Waals surface area (Å²) < 4.78 is 64.4. The summed E-state index contributed by atoms with van der Waals surface area (Å²) in [6.07, 6.45) is -8.40. The Morgan fingerprint density at radius 3 is 2.41 bits per heavy atom. The lowest BCUT2D eigenvalue weighted by Crippen LogP contribution is -2.19. The lowest BCUT2D eigenvalue weighted by Gasteiger charge is -2.13. The third-order valence-corrected chi connectivity index (χ3v) is 2.09. The molecule has 0 fully saturated rings. The lowest BCUT2D eigenvalue weighted by atomic mass is 10.2. The standard InChI is InChI=1S/C8H2F5IN2O/c9-7(10)6-3(2-15)16-5(14)1-4(6)17-8(11,12)13/h1,7H. The number of pyridine rings is 1.